The van der Waals surface area contributed by atoms with Gasteiger partial charge >= 0.3 is 0 Å². The fourth-order valence-corrected chi connectivity index (χ4v) is 0.984. The second-order valence-corrected chi connectivity index (χ2v) is 2.71. The van der Waals surface area contributed by atoms with Crippen LogP contribution in [0.25, 0.3) is 0 Å². The van der Waals surface area contributed by atoms with E-state index in [-0.39, 0.29) is 0 Å². The van der Waals surface area contributed by atoms with Gasteiger partial charge in [0, 0.05) is 12.8 Å². The second-order valence-electron chi connectivity index (χ2n) is 2.71. The normalized spacial score (nSPS) is 26.7. The van der Waals surface area contributed by atoms with Crippen molar-refractivity contribution in [2.75, 3.05) is 6.54 Å². The van der Waals surface area contributed by atoms with Crippen LogP contribution >= 0.6 is 0 Å². The molecule has 1 heterocycles. The maximum atomic E-state index is 4.22. The molecule has 0 saturated heterocycles. The molecule has 0 atom stereocenters. The van der Waals surface area contributed by atoms with Gasteiger partial charge in [-0.2, -0.15) is 0 Å². The first-order valence-electron chi connectivity index (χ1n) is 4.47. The Morgan fingerprint density at radius 2 is 1.42 bits per heavy atom. The van der Waals surface area contributed by atoms with E-state index in [1.165, 1.54) is 0 Å². The summed E-state index contributed by atoms with van der Waals surface area (Å²) < 4.78 is 0. The fraction of sp³-hybridized carbons (Fsp3) is 0.364. The van der Waals surface area contributed by atoms with Crippen LogP contribution in [0.4, 0.5) is 0 Å². The van der Waals surface area contributed by atoms with Crippen molar-refractivity contribution in [1.29, 1.82) is 0 Å². The molecule has 64 valence electrons. The summed E-state index contributed by atoms with van der Waals surface area (Å²) in [4.78, 5) is 4.22. The minimum atomic E-state index is 0.898. The molecule has 0 aliphatic carbocycles. The zero-order chi connectivity index (χ0) is 8.49. The Balaban J connectivity index is 2.40. The van der Waals surface area contributed by atoms with E-state index in [1.807, 2.05) is 12.3 Å². The zero-order valence-corrected chi connectivity index (χ0v) is 7.32. The average molecular weight is 161 g/mol. The molecule has 1 aliphatic rings. The van der Waals surface area contributed by atoms with Gasteiger partial charge in [0.15, 0.2) is 0 Å². The summed E-state index contributed by atoms with van der Waals surface area (Å²) in [5.74, 6) is 0. The smallest absolute Gasteiger partial charge is 0.0423 e. The van der Waals surface area contributed by atoms with Crippen LogP contribution in [0.15, 0.2) is 41.4 Å². The topological polar surface area (TPSA) is 12.4 Å². The van der Waals surface area contributed by atoms with Crippen molar-refractivity contribution in [2.24, 2.45) is 4.99 Å². The first-order chi connectivity index (χ1) is 6.00. The summed E-state index contributed by atoms with van der Waals surface area (Å²) in [5, 5.41) is 0. The minimum Gasteiger partial charge on any atom is -0.293 e. The summed E-state index contributed by atoms with van der Waals surface area (Å²) in [7, 11) is 0. The summed E-state index contributed by atoms with van der Waals surface area (Å²) >= 11 is 0. The monoisotopic (exact) mass is 161 g/mol. The molecule has 0 radical (unpaired) electrons. The molecule has 12 heavy (non-hydrogen) atoms. The maximum absolute atomic E-state index is 4.22. The van der Waals surface area contributed by atoms with Crippen molar-refractivity contribution in [3.05, 3.63) is 36.5 Å². The van der Waals surface area contributed by atoms with Gasteiger partial charge in [0.1, 0.15) is 0 Å². The van der Waals surface area contributed by atoms with Crippen LogP contribution in [0.5, 0.6) is 0 Å². The van der Waals surface area contributed by atoms with Crippen molar-refractivity contribution < 1.29 is 0 Å². The molecule has 1 rings (SSSR count). The summed E-state index contributed by atoms with van der Waals surface area (Å²) in [6, 6.07) is 0. The Labute approximate surface area is 74.2 Å². The van der Waals surface area contributed by atoms with E-state index in [2.05, 4.69) is 35.4 Å². The molecule has 0 fully saturated rings. The molecule has 1 nitrogen and oxygen atoms in total. The Morgan fingerprint density at radius 3 is 2.25 bits per heavy atom. The molecule has 0 saturated carbocycles. The number of hydrogen-bond donors (Lipinski definition) is 0. The lowest BCUT2D eigenvalue weighted by atomic mass is 10.2. The fourth-order valence-electron chi connectivity index (χ4n) is 0.984. The molecule has 0 N–H and O–H groups in total. The third-order valence-electron chi connectivity index (χ3n) is 1.64. The van der Waals surface area contributed by atoms with Crippen LogP contribution in [-0.4, -0.2) is 12.8 Å². The molecule has 0 aromatic rings. The molecule has 0 aromatic carbocycles. The summed E-state index contributed by atoms with van der Waals surface area (Å²) in [5.41, 5.74) is 0. The molecule has 0 spiro atoms. The second kappa shape index (κ2) is 6.59. The van der Waals surface area contributed by atoms with Crippen molar-refractivity contribution in [2.45, 2.75) is 19.3 Å². The van der Waals surface area contributed by atoms with Crippen LogP contribution in [-0.2, 0) is 0 Å². The number of allylic oxidation sites excluding steroid dienone is 5. The maximum Gasteiger partial charge on any atom is 0.0423 e. The third kappa shape index (κ3) is 4.67. The Morgan fingerprint density at radius 1 is 0.750 bits per heavy atom. The van der Waals surface area contributed by atoms with Gasteiger partial charge in [0.2, 0.25) is 0 Å². The molecular formula is C11H15N. The SMILES string of the molecule is C1=NCC/C=C\C=C/CC/C=C\1. The first kappa shape index (κ1) is 8.98. The van der Waals surface area contributed by atoms with Crippen molar-refractivity contribution in [3.8, 4) is 0 Å². The first-order valence-corrected chi connectivity index (χ1v) is 4.47. The minimum absolute atomic E-state index is 0.898. The van der Waals surface area contributed by atoms with E-state index in [4.69, 9.17) is 0 Å². The number of hydrogen-bond acceptors (Lipinski definition) is 1. The van der Waals surface area contributed by atoms with Crippen LogP contribution in [0.2, 0.25) is 0 Å². The average Bonchev–Trinajstić information content (AvgIpc) is 2.05. The molecule has 0 aromatic heterocycles. The molecule has 1 heteroatoms. The standard InChI is InChI=1S/C11H15N/c1-2-4-6-8-10-12-11-9-7-5-3-1/h1-2,4,6-7,9,11H,3,5,8,10H2/b2-1-,6-4-,9-7-,12-11?. The highest BCUT2D eigenvalue weighted by molar-refractivity contribution is 5.70. The van der Waals surface area contributed by atoms with Gasteiger partial charge in [0.25, 0.3) is 0 Å². The van der Waals surface area contributed by atoms with Gasteiger partial charge in [-0.15, -0.1) is 0 Å². The van der Waals surface area contributed by atoms with Crippen molar-refractivity contribution >= 4 is 6.21 Å². The Hall–Kier alpha value is -1.11. The molecule has 0 unspecified atom stereocenters. The molecular weight excluding hydrogens is 146 g/mol. The van der Waals surface area contributed by atoms with Crippen molar-refractivity contribution in [3.63, 3.8) is 0 Å². The lowest BCUT2D eigenvalue weighted by Crippen LogP contribution is -1.77. The summed E-state index contributed by atoms with van der Waals surface area (Å²) in [6.45, 7) is 0.898. The largest absolute Gasteiger partial charge is 0.293 e. The predicted octanol–water partition coefficient (Wildman–Crippen LogP) is 2.91. The highest BCUT2D eigenvalue weighted by Gasteiger charge is 1.78. The van der Waals surface area contributed by atoms with Gasteiger partial charge in [-0.05, 0) is 25.3 Å². The van der Waals surface area contributed by atoms with Crippen molar-refractivity contribution in [1.82, 2.24) is 0 Å². The van der Waals surface area contributed by atoms with E-state index < -0.39 is 0 Å². The van der Waals surface area contributed by atoms with E-state index in [9.17, 15) is 0 Å². The van der Waals surface area contributed by atoms with Gasteiger partial charge in [0.05, 0.1) is 0 Å². The van der Waals surface area contributed by atoms with E-state index in [0.717, 1.165) is 25.8 Å². The van der Waals surface area contributed by atoms with Gasteiger partial charge < -0.3 is 0 Å². The predicted molar refractivity (Wildman–Crippen MR) is 54.6 cm³/mol. The Kier molecular flexibility index (Phi) is 4.93. The zero-order valence-electron chi connectivity index (χ0n) is 7.32. The molecule has 0 bridgehead atoms. The van der Waals surface area contributed by atoms with Gasteiger partial charge in [-0.1, -0.05) is 30.4 Å². The highest BCUT2D eigenvalue weighted by atomic mass is 14.7. The van der Waals surface area contributed by atoms with Gasteiger partial charge in [-0.25, -0.2) is 0 Å². The van der Waals surface area contributed by atoms with E-state index >= 15 is 0 Å². The number of rotatable bonds is 0. The lowest BCUT2D eigenvalue weighted by Gasteiger charge is -1.88. The Bertz CT molecular complexity index is 161. The van der Waals surface area contributed by atoms with E-state index in [1.54, 1.807) is 0 Å². The van der Waals surface area contributed by atoms with Crippen LogP contribution in [0.3, 0.4) is 0 Å². The highest BCUT2D eigenvalue weighted by Crippen LogP contribution is 1.94. The number of nitrogens with zero attached hydrogens (tertiary/aromatic N) is 1. The van der Waals surface area contributed by atoms with E-state index in [0.29, 0.717) is 0 Å². The quantitative estimate of drug-likeness (QED) is 0.518. The van der Waals surface area contributed by atoms with Crippen LogP contribution in [0.1, 0.15) is 19.3 Å². The van der Waals surface area contributed by atoms with Crippen LogP contribution in [0, 0.1) is 0 Å². The lowest BCUT2D eigenvalue weighted by molar-refractivity contribution is 1.01. The van der Waals surface area contributed by atoms with Crippen LogP contribution < -0.4 is 0 Å². The third-order valence-corrected chi connectivity index (χ3v) is 1.64. The number of aliphatic imine (C=N–C) groups is 1. The molecule has 0 amide bonds. The summed E-state index contributed by atoms with van der Waals surface area (Å²) in [6.07, 6.45) is 17.9. The van der Waals surface area contributed by atoms with Gasteiger partial charge in [-0.3, -0.25) is 4.99 Å². The molecule has 1 aliphatic heterocycles.